The summed E-state index contributed by atoms with van der Waals surface area (Å²) in [5, 5.41) is 9.75. The van der Waals surface area contributed by atoms with Gasteiger partial charge in [-0.25, -0.2) is 14.5 Å². The number of hydrogen-bond acceptors (Lipinski definition) is 4. The predicted molar refractivity (Wildman–Crippen MR) is 82.3 cm³/mol. The summed E-state index contributed by atoms with van der Waals surface area (Å²) in [6.45, 7) is 2.34. The van der Waals surface area contributed by atoms with E-state index in [0.29, 0.717) is 26.2 Å². The lowest BCUT2D eigenvalue weighted by atomic mass is 10.1. The molecule has 2 N–H and O–H groups in total. The Morgan fingerprint density at radius 1 is 1.27 bits per heavy atom. The lowest BCUT2D eigenvalue weighted by molar-refractivity contribution is 0.193. The highest BCUT2D eigenvalue weighted by atomic mass is 16.5. The molecule has 118 valence electrons. The quantitative estimate of drug-likeness (QED) is 0.717. The fourth-order valence-electron chi connectivity index (χ4n) is 2.03. The van der Waals surface area contributed by atoms with Gasteiger partial charge in [0.15, 0.2) is 0 Å². The van der Waals surface area contributed by atoms with Crippen molar-refractivity contribution in [1.29, 1.82) is 0 Å². The van der Waals surface area contributed by atoms with Crippen LogP contribution in [0.3, 0.4) is 0 Å². The molecule has 0 saturated carbocycles. The number of rotatable bonds is 8. The Morgan fingerprint density at radius 3 is 2.82 bits per heavy atom. The molecule has 0 saturated heterocycles. The fourth-order valence-corrected chi connectivity index (χ4v) is 2.03. The number of amides is 2. The maximum atomic E-state index is 11.7. The number of carbonyl (C=O) groups is 1. The summed E-state index contributed by atoms with van der Waals surface area (Å²) in [5.74, 6) is 0. The van der Waals surface area contributed by atoms with Crippen LogP contribution in [0, 0.1) is 0 Å². The number of nitrogens with zero attached hydrogens (tertiary/aromatic N) is 3. The molecule has 0 fully saturated rings. The Kier molecular flexibility index (Phi) is 6.38. The molecule has 1 aromatic heterocycles. The van der Waals surface area contributed by atoms with Gasteiger partial charge in [-0.3, -0.25) is 0 Å². The molecule has 7 nitrogen and oxygen atoms in total. The van der Waals surface area contributed by atoms with Crippen molar-refractivity contribution in [1.82, 2.24) is 25.4 Å². The molecule has 0 aliphatic heterocycles. The van der Waals surface area contributed by atoms with E-state index in [1.165, 1.54) is 6.33 Å². The van der Waals surface area contributed by atoms with Crippen LogP contribution >= 0.6 is 0 Å². The molecular weight excluding hydrogens is 282 g/mol. The summed E-state index contributed by atoms with van der Waals surface area (Å²) in [6, 6.07) is 7.78. The second-order valence-electron chi connectivity index (χ2n) is 4.82. The Morgan fingerprint density at radius 2 is 2.09 bits per heavy atom. The Hall–Kier alpha value is -2.41. The lowest BCUT2D eigenvalue weighted by Crippen LogP contribution is -2.36. The van der Waals surface area contributed by atoms with Gasteiger partial charge in [-0.15, -0.1) is 0 Å². The van der Waals surface area contributed by atoms with Gasteiger partial charge in [0.25, 0.3) is 0 Å². The molecule has 22 heavy (non-hydrogen) atoms. The van der Waals surface area contributed by atoms with Gasteiger partial charge >= 0.3 is 6.03 Å². The van der Waals surface area contributed by atoms with Crippen LogP contribution in [0.1, 0.15) is 17.5 Å². The van der Waals surface area contributed by atoms with Gasteiger partial charge in [0.05, 0.1) is 6.54 Å². The Labute approximate surface area is 129 Å². The highest BCUT2D eigenvalue weighted by Crippen LogP contribution is 2.09. The van der Waals surface area contributed by atoms with Crippen molar-refractivity contribution in [3.63, 3.8) is 0 Å². The van der Waals surface area contributed by atoms with E-state index >= 15 is 0 Å². The van der Waals surface area contributed by atoms with Gasteiger partial charge in [0.2, 0.25) is 0 Å². The molecular formula is C15H21N5O2. The van der Waals surface area contributed by atoms with Gasteiger partial charge in [0, 0.05) is 26.8 Å². The standard InChI is InChI=1S/C15H21N5O2/c1-22-8-4-7-17-15(21)18-9-13-5-2-3-6-14(13)10-20-12-16-11-19-20/h2-3,5-6,11-12H,4,7-10H2,1H3,(H2,17,18,21). The van der Waals surface area contributed by atoms with Crippen molar-refractivity contribution in [2.24, 2.45) is 0 Å². The second kappa shape index (κ2) is 8.78. The molecule has 0 bridgehead atoms. The van der Waals surface area contributed by atoms with Crippen molar-refractivity contribution in [2.75, 3.05) is 20.3 Å². The molecule has 2 rings (SSSR count). The zero-order chi connectivity index (χ0) is 15.6. The van der Waals surface area contributed by atoms with Crippen LogP contribution in [0.25, 0.3) is 0 Å². The number of carbonyl (C=O) groups excluding carboxylic acids is 1. The number of hydrogen-bond donors (Lipinski definition) is 2. The van der Waals surface area contributed by atoms with Crippen LogP contribution in [0.4, 0.5) is 4.79 Å². The Balaban J connectivity index is 1.83. The number of methoxy groups -OCH3 is 1. The first-order chi connectivity index (χ1) is 10.8. The van der Waals surface area contributed by atoms with E-state index in [2.05, 4.69) is 20.7 Å². The maximum Gasteiger partial charge on any atom is 0.315 e. The summed E-state index contributed by atoms with van der Waals surface area (Å²) >= 11 is 0. The predicted octanol–water partition coefficient (Wildman–Crippen LogP) is 1.16. The normalized spacial score (nSPS) is 10.4. The minimum absolute atomic E-state index is 0.174. The third-order valence-electron chi connectivity index (χ3n) is 3.17. The Bertz CT molecular complexity index is 571. The van der Waals surface area contributed by atoms with E-state index in [1.807, 2.05) is 24.3 Å². The van der Waals surface area contributed by atoms with E-state index in [1.54, 1.807) is 18.1 Å². The number of aromatic nitrogens is 3. The van der Waals surface area contributed by atoms with E-state index in [9.17, 15) is 4.79 Å². The molecule has 0 atom stereocenters. The highest BCUT2D eigenvalue weighted by Gasteiger charge is 2.05. The van der Waals surface area contributed by atoms with Gasteiger partial charge in [-0.1, -0.05) is 24.3 Å². The molecule has 7 heteroatoms. The second-order valence-corrected chi connectivity index (χ2v) is 4.82. The van der Waals surface area contributed by atoms with Crippen molar-refractivity contribution < 1.29 is 9.53 Å². The van der Waals surface area contributed by atoms with Crippen molar-refractivity contribution in [2.45, 2.75) is 19.5 Å². The summed E-state index contributed by atoms with van der Waals surface area (Å²) in [7, 11) is 1.64. The van der Waals surface area contributed by atoms with E-state index in [-0.39, 0.29) is 6.03 Å². The van der Waals surface area contributed by atoms with Gasteiger partial charge in [-0.2, -0.15) is 5.10 Å². The van der Waals surface area contributed by atoms with Gasteiger partial charge < -0.3 is 15.4 Å². The smallest absolute Gasteiger partial charge is 0.315 e. The van der Waals surface area contributed by atoms with Crippen LogP contribution in [0.15, 0.2) is 36.9 Å². The molecule has 2 amide bonds. The van der Waals surface area contributed by atoms with Crippen molar-refractivity contribution >= 4 is 6.03 Å². The van der Waals surface area contributed by atoms with Crippen molar-refractivity contribution in [3.05, 3.63) is 48.0 Å². The third-order valence-corrected chi connectivity index (χ3v) is 3.17. The molecule has 1 heterocycles. The highest BCUT2D eigenvalue weighted by molar-refractivity contribution is 5.73. The largest absolute Gasteiger partial charge is 0.385 e. The molecule has 1 aromatic carbocycles. The molecule has 2 aromatic rings. The number of ether oxygens (including phenoxy) is 1. The van der Waals surface area contributed by atoms with E-state index in [4.69, 9.17) is 4.74 Å². The number of nitrogens with one attached hydrogen (secondary N) is 2. The summed E-state index contributed by atoms with van der Waals surface area (Å²) in [6.07, 6.45) is 3.98. The SMILES string of the molecule is COCCCNC(=O)NCc1ccccc1Cn1cncn1. The average Bonchev–Trinajstić information content (AvgIpc) is 3.04. The summed E-state index contributed by atoms with van der Waals surface area (Å²) in [4.78, 5) is 15.7. The average molecular weight is 303 g/mol. The summed E-state index contributed by atoms with van der Waals surface area (Å²) < 4.78 is 6.69. The monoisotopic (exact) mass is 303 g/mol. The minimum atomic E-state index is -0.174. The first kappa shape index (κ1) is 16.0. The molecule has 0 aliphatic carbocycles. The first-order valence-electron chi connectivity index (χ1n) is 7.19. The first-order valence-corrected chi connectivity index (χ1v) is 7.19. The van der Waals surface area contributed by atoms with Crippen molar-refractivity contribution in [3.8, 4) is 0 Å². The maximum absolute atomic E-state index is 11.7. The van der Waals surface area contributed by atoms with Gasteiger partial charge in [-0.05, 0) is 17.5 Å². The van der Waals surface area contributed by atoms with Crippen LogP contribution in [0.5, 0.6) is 0 Å². The van der Waals surface area contributed by atoms with Crippen LogP contribution in [-0.2, 0) is 17.8 Å². The topological polar surface area (TPSA) is 81.1 Å². The minimum Gasteiger partial charge on any atom is -0.385 e. The molecule has 0 spiro atoms. The molecule has 0 unspecified atom stereocenters. The zero-order valence-electron chi connectivity index (χ0n) is 12.7. The van der Waals surface area contributed by atoms with Crippen LogP contribution in [0.2, 0.25) is 0 Å². The zero-order valence-corrected chi connectivity index (χ0v) is 12.7. The summed E-state index contributed by atoms with van der Waals surface area (Å²) in [5.41, 5.74) is 2.16. The van der Waals surface area contributed by atoms with Crippen LogP contribution in [-0.4, -0.2) is 41.1 Å². The lowest BCUT2D eigenvalue weighted by Gasteiger charge is -2.11. The van der Waals surface area contributed by atoms with Gasteiger partial charge in [0.1, 0.15) is 12.7 Å². The van der Waals surface area contributed by atoms with E-state index < -0.39 is 0 Å². The molecule has 0 aliphatic rings. The van der Waals surface area contributed by atoms with E-state index in [0.717, 1.165) is 17.5 Å². The number of urea groups is 1. The molecule has 0 radical (unpaired) electrons. The fraction of sp³-hybridized carbons (Fsp3) is 0.400. The van der Waals surface area contributed by atoms with Crippen LogP contribution < -0.4 is 10.6 Å². The number of benzene rings is 1. The third kappa shape index (κ3) is 5.17.